The monoisotopic (exact) mass is 488 g/mol. The Morgan fingerprint density at radius 3 is 2.50 bits per heavy atom. The number of likely N-dealkylation sites (N-methyl/N-ethyl adjacent to an activating group) is 1. The number of aliphatic hydroxyl groups is 2. The van der Waals surface area contributed by atoms with E-state index in [-0.39, 0.29) is 30.4 Å². The van der Waals surface area contributed by atoms with Crippen molar-refractivity contribution in [2.24, 2.45) is 23.5 Å². The highest BCUT2D eigenvalue weighted by atomic mass is 16.3. The van der Waals surface area contributed by atoms with Gasteiger partial charge in [-0.2, -0.15) is 0 Å². The highest BCUT2D eigenvalue weighted by Gasteiger charge is 2.51. The van der Waals surface area contributed by atoms with Gasteiger partial charge in [0.1, 0.15) is 6.33 Å². The van der Waals surface area contributed by atoms with Gasteiger partial charge in [-0.1, -0.05) is 32.2 Å². The van der Waals surface area contributed by atoms with Gasteiger partial charge in [-0.05, 0) is 98.0 Å². The number of aryl methyl sites for hydroxylation is 1. The van der Waals surface area contributed by atoms with Crippen LogP contribution < -0.4 is 5.73 Å². The molecule has 5 atom stereocenters. The van der Waals surface area contributed by atoms with Crippen molar-refractivity contribution < 1.29 is 10.2 Å². The van der Waals surface area contributed by atoms with Crippen LogP contribution in [0.25, 0.3) is 16.7 Å². The molecule has 2 aliphatic carbocycles. The second-order valence-corrected chi connectivity index (χ2v) is 11.0. The van der Waals surface area contributed by atoms with Crippen molar-refractivity contribution in [2.75, 3.05) is 20.7 Å². The van der Waals surface area contributed by atoms with Crippen LogP contribution in [0.2, 0.25) is 0 Å². The summed E-state index contributed by atoms with van der Waals surface area (Å²) < 4.78 is 0. The molecule has 2 aromatic rings. The zero-order chi connectivity index (χ0) is 26.4. The smallest absolute Gasteiger partial charge is 0.115 e. The summed E-state index contributed by atoms with van der Waals surface area (Å²) in [5.41, 5.74) is 14.3. The molecule has 0 spiro atoms. The lowest BCUT2D eigenvalue weighted by molar-refractivity contribution is -0.0605. The molecule has 1 unspecified atom stereocenters. The van der Waals surface area contributed by atoms with Crippen LogP contribution in [-0.4, -0.2) is 57.4 Å². The SMILES string of the molecule is C=C1C2=C(C)[C@](O)(CC(C)C(=C)N)[C@H]([C@@H](CO)N(C)C)C[C@@H]2Cc2c(-c3cncnc3)ccc(C)c21. The molecule has 1 heterocycles. The van der Waals surface area contributed by atoms with E-state index in [4.69, 9.17) is 5.73 Å². The van der Waals surface area contributed by atoms with E-state index < -0.39 is 5.60 Å². The largest absolute Gasteiger partial charge is 0.402 e. The minimum Gasteiger partial charge on any atom is -0.402 e. The van der Waals surface area contributed by atoms with Crippen molar-refractivity contribution in [3.8, 4) is 11.1 Å². The Morgan fingerprint density at radius 2 is 1.92 bits per heavy atom. The van der Waals surface area contributed by atoms with E-state index in [1.165, 1.54) is 11.1 Å². The van der Waals surface area contributed by atoms with Crippen LogP contribution in [-0.2, 0) is 6.42 Å². The van der Waals surface area contributed by atoms with Gasteiger partial charge < -0.3 is 20.8 Å². The average Bonchev–Trinajstić information content (AvgIpc) is 2.83. The number of aromatic nitrogens is 2. The fourth-order valence-corrected chi connectivity index (χ4v) is 6.61. The van der Waals surface area contributed by atoms with Crippen molar-refractivity contribution in [1.29, 1.82) is 0 Å². The molecule has 1 aromatic heterocycles. The highest BCUT2D eigenvalue weighted by molar-refractivity contribution is 5.88. The average molecular weight is 489 g/mol. The maximum atomic E-state index is 12.4. The number of nitrogens with zero attached hydrogens (tertiary/aromatic N) is 3. The summed E-state index contributed by atoms with van der Waals surface area (Å²) in [7, 11) is 3.93. The second-order valence-electron chi connectivity index (χ2n) is 11.0. The molecule has 0 amide bonds. The van der Waals surface area contributed by atoms with E-state index in [1.807, 2.05) is 45.2 Å². The van der Waals surface area contributed by atoms with Gasteiger partial charge in [0.25, 0.3) is 0 Å². The van der Waals surface area contributed by atoms with Gasteiger partial charge in [0, 0.05) is 35.6 Å². The van der Waals surface area contributed by atoms with Gasteiger partial charge in [-0.15, -0.1) is 0 Å². The van der Waals surface area contributed by atoms with Crippen LogP contribution in [0.15, 0.2) is 60.9 Å². The van der Waals surface area contributed by atoms with Crippen molar-refractivity contribution in [3.05, 3.63) is 77.5 Å². The number of allylic oxidation sites excluding steroid dienone is 3. The van der Waals surface area contributed by atoms with Crippen LogP contribution >= 0.6 is 0 Å². The number of rotatable bonds is 7. The van der Waals surface area contributed by atoms with Crippen molar-refractivity contribution >= 4 is 5.57 Å². The molecule has 0 fully saturated rings. The molecule has 0 bridgehead atoms. The predicted octanol–water partition coefficient (Wildman–Crippen LogP) is 4.13. The Hall–Kier alpha value is -2.80. The first-order chi connectivity index (χ1) is 17.0. The zero-order valence-corrected chi connectivity index (χ0v) is 22.3. The molecular weight excluding hydrogens is 448 g/mol. The van der Waals surface area contributed by atoms with E-state index in [0.717, 1.165) is 46.3 Å². The third kappa shape index (κ3) is 4.32. The molecule has 0 radical (unpaired) electrons. The first kappa shape index (κ1) is 26.3. The lowest BCUT2D eigenvalue weighted by Crippen LogP contribution is -2.56. The minimum absolute atomic E-state index is 0.0312. The van der Waals surface area contributed by atoms with Crippen LogP contribution in [0.4, 0.5) is 0 Å². The van der Waals surface area contributed by atoms with Crippen molar-refractivity contribution in [3.63, 3.8) is 0 Å². The Balaban J connectivity index is 1.91. The van der Waals surface area contributed by atoms with Crippen LogP contribution in [0, 0.1) is 24.7 Å². The number of hydrogen-bond donors (Lipinski definition) is 3. The quantitative estimate of drug-likeness (QED) is 0.543. The molecule has 192 valence electrons. The Kier molecular flexibility index (Phi) is 7.24. The summed E-state index contributed by atoms with van der Waals surface area (Å²) in [5, 5.41) is 22.8. The molecule has 6 heteroatoms. The van der Waals surface area contributed by atoms with E-state index in [1.54, 1.807) is 6.33 Å². The summed E-state index contributed by atoms with van der Waals surface area (Å²) in [4.78, 5) is 10.5. The molecule has 4 N–H and O–H groups in total. The van der Waals surface area contributed by atoms with E-state index in [0.29, 0.717) is 12.1 Å². The van der Waals surface area contributed by atoms with Gasteiger partial charge in [0.15, 0.2) is 0 Å². The highest BCUT2D eigenvalue weighted by Crippen LogP contribution is 2.54. The lowest BCUT2D eigenvalue weighted by Gasteiger charge is -2.52. The number of benzene rings is 1. The summed E-state index contributed by atoms with van der Waals surface area (Å²) in [6.07, 6.45) is 7.30. The van der Waals surface area contributed by atoms with E-state index >= 15 is 0 Å². The molecule has 1 aromatic carbocycles. The van der Waals surface area contributed by atoms with Crippen LogP contribution in [0.1, 0.15) is 43.4 Å². The molecule has 0 saturated carbocycles. The summed E-state index contributed by atoms with van der Waals surface area (Å²) in [6, 6.07) is 4.09. The van der Waals surface area contributed by atoms with Gasteiger partial charge in [0.2, 0.25) is 0 Å². The standard InChI is InChI=1S/C30H40N4O2/c1-17-8-9-24(23-13-32-16-33-14-23)25-10-22-11-26(27(15-35)34(6)7)30(36,12-18(2)21(5)31)20(4)29(22)19(3)28(17)25/h8-9,13-14,16,18,22,26-27,35-36H,3,5,10-12,15,31H2,1-2,4,6-7H3/t18?,22-,26-,27+,30+/m0/s1. The van der Waals surface area contributed by atoms with E-state index in [9.17, 15) is 10.2 Å². The number of hydrogen-bond acceptors (Lipinski definition) is 6. The maximum absolute atomic E-state index is 12.4. The first-order valence-electron chi connectivity index (χ1n) is 12.7. The van der Waals surface area contributed by atoms with Gasteiger partial charge in [-0.25, -0.2) is 9.97 Å². The van der Waals surface area contributed by atoms with Gasteiger partial charge in [-0.3, -0.25) is 0 Å². The molecule has 0 aliphatic heterocycles. The fraction of sp³-hybridized carbons (Fsp3) is 0.467. The first-order valence-corrected chi connectivity index (χ1v) is 12.7. The van der Waals surface area contributed by atoms with Gasteiger partial charge in [0.05, 0.1) is 12.2 Å². The topological polar surface area (TPSA) is 95.5 Å². The normalized spacial score (nSPS) is 25.4. The molecule has 4 rings (SSSR count). The molecule has 36 heavy (non-hydrogen) atoms. The fourth-order valence-electron chi connectivity index (χ4n) is 6.61. The predicted molar refractivity (Wildman–Crippen MR) is 146 cm³/mol. The summed E-state index contributed by atoms with van der Waals surface area (Å²) in [6.45, 7) is 14.7. The van der Waals surface area contributed by atoms with Crippen LogP contribution in [0.5, 0.6) is 0 Å². The van der Waals surface area contributed by atoms with E-state index in [2.05, 4.69) is 42.2 Å². The number of aliphatic hydroxyl groups excluding tert-OH is 1. The molecular formula is C30H40N4O2. The Bertz CT molecular complexity index is 1200. The minimum atomic E-state index is -1.13. The number of fused-ring (bicyclic) bond motifs is 2. The van der Waals surface area contributed by atoms with Crippen LogP contribution in [0.3, 0.4) is 0 Å². The Labute approximate surface area is 215 Å². The van der Waals surface area contributed by atoms with Gasteiger partial charge >= 0.3 is 0 Å². The molecule has 6 nitrogen and oxygen atoms in total. The molecule has 0 saturated heterocycles. The molecule has 2 aliphatic rings. The zero-order valence-electron chi connectivity index (χ0n) is 22.3. The lowest BCUT2D eigenvalue weighted by atomic mass is 9.58. The maximum Gasteiger partial charge on any atom is 0.115 e. The third-order valence-electron chi connectivity index (χ3n) is 8.65. The Morgan fingerprint density at radius 1 is 1.25 bits per heavy atom. The summed E-state index contributed by atoms with van der Waals surface area (Å²) in [5.74, 6) is -0.0526. The second kappa shape index (κ2) is 9.92. The van der Waals surface area contributed by atoms with Crippen molar-refractivity contribution in [2.45, 2.75) is 51.7 Å². The number of nitrogens with two attached hydrogens (primary N) is 1. The third-order valence-corrected chi connectivity index (χ3v) is 8.65. The van der Waals surface area contributed by atoms with Crippen molar-refractivity contribution in [1.82, 2.24) is 14.9 Å². The summed E-state index contributed by atoms with van der Waals surface area (Å²) >= 11 is 0.